The highest BCUT2D eigenvalue weighted by atomic mass is 16.7. The van der Waals surface area contributed by atoms with Crippen molar-refractivity contribution in [1.29, 1.82) is 0 Å². The maximum atomic E-state index is 14.6. The van der Waals surface area contributed by atoms with Crippen LogP contribution in [-0.2, 0) is 33.7 Å². The lowest BCUT2D eigenvalue weighted by molar-refractivity contribution is -0.217. The molecular formula is C53H49N7O4. The third kappa shape index (κ3) is 6.74. The average Bonchev–Trinajstić information content (AvgIpc) is 4.09. The van der Waals surface area contributed by atoms with E-state index in [2.05, 4.69) is 84.9 Å². The van der Waals surface area contributed by atoms with Gasteiger partial charge < -0.3 is 5.11 Å². The van der Waals surface area contributed by atoms with Crippen LogP contribution in [0.25, 0.3) is 33.4 Å². The van der Waals surface area contributed by atoms with Crippen molar-refractivity contribution in [3.05, 3.63) is 202 Å². The summed E-state index contributed by atoms with van der Waals surface area (Å²) in [7, 11) is 0. The first kappa shape index (κ1) is 41.0. The third-order valence-electron chi connectivity index (χ3n) is 13.4. The number of aryl methyl sites for hydroxylation is 1. The quantitative estimate of drug-likeness (QED) is 0.113. The van der Waals surface area contributed by atoms with Gasteiger partial charge in [-0.25, -0.2) is 14.5 Å². The molecule has 8 aromatic rings. The van der Waals surface area contributed by atoms with Crippen molar-refractivity contribution in [3.63, 3.8) is 0 Å². The summed E-state index contributed by atoms with van der Waals surface area (Å²) in [5.41, 5.74) is 5.05. The van der Waals surface area contributed by atoms with E-state index >= 15 is 0 Å². The number of benzene rings is 6. The van der Waals surface area contributed by atoms with Gasteiger partial charge in [0.05, 0.1) is 17.4 Å². The fraction of sp³-hybridized carbons (Fsp3) is 0.245. The summed E-state index contributed by atoms with van der Waals surface area (Å²) < 4.78 is 3.70. The van der Waals surface area contributed by atoms with E-state index in [1.54, 1.807) is 22.8 Å². The summed E-state index contributed by atoms with van der Waals surface area (Å²) in [4.78, 5) is 39.0. The highest BCUT2D eigenvalue weighted by molar-refractivity contribution is 5.85. The van der Waals surface area contributed by atoms with Gasteiger partial charge in [-0.2, -0.15) is 5.06 Å². The number of hydrogen-bond acceptors (Lipinski definition) is 8. The number of rotatable bonds is 13. The summed E-state index contributed by atoms with van der Waals surface area (Å²) in [6, 6.07) is 52.7. The highest BCUT2D eigenvalue weighted by Crippen LogP contribution is 2.49. The molecule has 0 spiro atoms. The topological polar surface area (TPSA) is 128 Å². The molecule has 2 saturated heterocycles. The van der Waals surface area contributed by atoms with Crippen LogP contribution in [0.2, 0.25) is 0 Å². The molecule has 4 heterocycles. The molecule has 320 valence electrons. The lowest BCUT2D eigenvalue weighted by Gasteiger charge is -2.36. The normalized spacial score (nSPS) is 18.7. The van der Waals surface area contributed by atoms with E-state index in [4.69, 9.17) is 20.1 Å². The molecule has 2 aliphatic heterocycles. The van der Waals surface area contributed by atoms with Crippen LogP contribution in [0.15, 0.2) is 163 Å². The van der Waals surface area contributed by atoms with Crippen LogP contribution in [0.1, 0.15) is 73.2 Å². The lowest BCUT2D eigenvalue weighted by Crippen LogP contribution is -2.42. The van der Waals surface area contributed by atoms with Gasteiger partial charge in [0, 0.05) is 30.5 Å². The van der Waals surface area contributed by atoms with Gasteiger partial charge in [0.25, 0.3) is 5.56 Å². The highest BCUT2D eigenvalue weighted by Gasteiger charge is 2.59. The first-order valence-electron chi connectivity index (χ1n) is 22.2. The molecule has 1 N–H and O–H groups in total. The Kier molecular flexibility index (Phi) is 10.8. The fourth-order valence-electron chi connectivity index (χ4n) is 10.2. The van der Waals surface area contributed by atoms with Crippen LogP contribution < -0.4 is 5.56 Å². The van der Waals surface area contributed by atoms with Crippen LogP contribution >= 0.6 is 0 Å². The van der Waals surface area contributed by atoms with E-state index in [0.717, 1.165) is 64.6 Å². The number of carboxylic acids is 1. The van der Waals surface area contributed by atoms with Gasteiger partial charge in [0.1, 0.15) is 11.4 Å². The smallest absolute Gasteiger partial charge is 0.343 e. The molecule has 0 bridgehead atoms. The van der Waals surface area contributed by atoms with Crippen LogP contribution in [0.3, 0.4) is 0 Å². The number of fused-ring (bicyclic) bond motifs is 2. The lowest BCUT2D eigenvalue weighted by atomic mass is 9.77. The van der Waals surface area contributed by atoms with E-state index in [-0.39, 0.29) is 17.5 Å². The van der Waals surface area contributed by atoms with Gasteiger partial charge in [0.2, 0.25) is 5.60 Å². The summed E-state index contributed by atoms with van der Waals surface area (Å²) in [6.07, 6.45) is 4.29. The summed E-state index contributed by atoms with van der Waals surface area (Å²) in [5, 5.41) is 26.7. The minimum atomic E-state index is -1.58. The summed E-state index contributed by atoms with van der Waals surface area (Å²) >= 11 is 0. The minimum Gasteiger partial charge on any atom is -0.479 e. The van der Waals surface area contributed by atoms with E-state index in [1.807, 2.05) is 83.4 Å². The third-order valence-corrected chi connectivity index (χ3v) is 13.4. The van der Waals surface area contributed by atoms with Gasteiger partial charge in [-0.15, -0.1) is 5.10 Å². The number of nitrogens with zero attached hydrogens (tertiary/aromatic N) is 7. The Morgan fingerprint density at radius 2 is 1.44 bits per heavy atom. The van der Waals surface area contributed by atoms with Gasteiger partial charge in [-0.05, 0) is 80.8 Å². The van der Waals surface area contributed by atoms with Crippen molar-refractivity contribution >= 4 is 16.9 Å². The van der Waals surface area contributed by atoms with Gasteiger partial charge in [0.15, 0.2) is 5.82 Å². The van der Waals surface area contributed by atoms with Crippen molar-refractivity contribution in [2.24, 2.45) is 5.92 Å². The standard InChI is InChI=1S/C53H49N7O4/c1-3-4-26-48-54-46-32-31-42(53(51(62)63)36(2)47-25-16-33-59(47)64-53)34-45(46)50(61)58(48)35-37-27-29-38(30-28-37)43-23-14-15-24-44(43)49-55-56-57-60(49)52(39-17-8-5-9-18-39,40-19-10-6-11-20-40)41-21-12-7-13-22-41/h5-15,17-24,27-32,34,36,47H,3-4,16,25-26,33,35H2,1-2H3,(H,62,63)/t36-,47-,53?/m0/s1. The molecule has 64 heavy (non-hydrogen) atoms. The van der Waals surface area contributed by atoms with E-state index < -0.39 is 17.1 Å². The van der Waals surface area contributed by atoms with Crippen LogP contribution in [-0.4, -0.2) is 58.5 Å². The predicted octanol–water partition coefficient (Wildman–Crippen LogP) is 9.27. The Bertz CT molecular complexity index is 2910. The predicted molar refractivity (Wildman–Crippen MR) is 246 cm³/mol. The molecule has 11 heteroatoms. The summed E-state index contributed by atoms with van der Waals surface area (Å²) in [6.45, 7) is 5.05. The number of hydroxylamine groups is 2. The molecule has 6 aromatic carbocycles. The van der Waals surface area contributed by atoms with E-state index in [1.165, 1.54) is 0 Å². The number of aliphatic carboxylic acids is 1. The Balaban J connectivity index is 1.03. The second-order valence-corrected chi connectivity index (χ2v) is 17.0. The molecule has 10 rings (SSSR count). The van der Waals surface area contributed by atoms with E-state index in [9.17, 15) is 14.7 Å². The van der Waals surface area contributed by atoms with Crippen molar-refractivity contribution in [2.75, 3.05) is 6.54 Å². The first-order chi connectivity index (χ1) is 31.3. The summed E-state index contributed by atoms with van der Waals surface area (Å²) in [5.74, 6) is -0.0550. The largest absolute Gasteiger partial charge is 0.479 e. The van der Waals surface area contributed by atoms with Crippen LogP contribution in [0.4, 0.5) is 0 Å². The second kappa shape index (κ2) is 16.9. The van der Waals surface area contributed by atoms with Gasteiger partial charge in [-0.3, -0.25) is 14.2 Å². The zero-order valence-electron chi connectivity index (χ0n) is 35.9. The molecule has 1 unspecified atom stereocenters. The van der Waals surface area contributed by atoms with E-state index in [0.29, 0.717) is 47.6 Å². The molecular weight excluding hydrogens is 799 g/mol. The second-order valence-electron chi connectivity index (χ2n) is 17.0. The molecule has 0 amide bonds. The van der Waals surface area contributed by atoms with Gasteiger partial charge >= 0.3 is 5.97 Å². The molecule has 0 saturated carbocycles. The fourth-order valence-corrected chi connectivity index (χ4v) is 10.2. The first-order valence-corrected chi connectivity index (χ1v) is 22.2. The molecule has 2 aromatic heterocycles. The monoisotopic (exact) mass is 847 g/mol. The zero-order chi connectivity index (χ0) is 43.8. The Hall–Kier alpha value is -7.08. The molecule has 0 radical (unpaired) electrons. The maximum Gasteiger partial charge on any atom is 0.343 e. The Morgan fingerprint density at radius 1 is 0.812 bits per heavy atom. The number of unbranched alkanes of at least 4 members (excludes halogenated alkanes) is 1. The number of tetrazole rings is 1. The molecule has 2 aliphatic rings. The number of aromatic nitrogens is 6. The zero-order valence-corrected chi connectivity index (χ0v) is 35.9. The molecule has 0 aliphatic carbocycles. The van der Waals surface area contributed by atoms with Crippen LogP contribution in [0.5, 0.6) is 0 Å². The van der Waals surface area contributed by atoms with Crippen molar-refractivity contribution in [3.8, 4) is 22.5 Å². The van der Waals surface area contributed by atoms with Crippen LogP contribution in [0, 0.1) is 5.92 Å². The molecule has 11 nitrogen and oxygen atoms in total. The number of carbonyl (C=O) groups is 1. The number of hydrogen-bond donors (Lipinski definition) is 1. The number of carboxylic acid groups (broad SMARTS) is 1. The maximum absolute atomic E-state index is 14.6. The Labute approximate surface area is 371 Å². The minimum absolute atomic E-state index is 0.00875. The molecule has 3 atom stereocenters. The van der Waals surface area contributed by atoms with Crippen molar-refractivity contribution in [2.45, 2.75) is 69.7 Å². The van der Waals surface area contributed by atoms with Gasteiger partial charge in [-0.1, -0.05) is 166 Å². The van der Waals surface area contributed by atoms with Crippen molar-refractivity contribution < 1.29 is 14.7 Å². The average molecular weight is 848 g/mol. The molecule has 2 fully saturated rings. The Morgan fingerprint density at radius 3 is 2.05 bits per heavy atom. The van der Waals surface area contributed by atoms with Crippen molar-refractivity contribution in [1.82, 2.24) is 34.8 Å². The SMILES string of the molecule is CCCCc1nc2ccc(C3(C(=O)O)ON4CCC[C@H]4[C@@H]3C)cc2c(=O)n1Cc1ccc(-c2ccccc2-c2nnnn2C(c2ccccc2)(c2ccccc2)c2ccccc2)cc1.